The molecule has 0 fully saturated rings. The van der Waals surface area contributed by atoms with E-state index in [-0.39, 0.29) is 0 Å². The average molecular weight is 252 g/mol. The minimum atomic E-state index is 0.669. The molecule has 1 aromatic heterocycles. The second kappa shape index (κ2) is 4.76. The monoisotopic (exact) mass is 252 g/mol. The van der Waals surface area contributed by atoms with Gasteiger partial charge in [-0.15, -0.1) is 0 Å². The quantitative estimate of drug-likeness (QED) is 0.726. The molecular formula is C16H16N2O. The van der Waals surface area contributed by atoms with Crippen molar-refractivity contribution in [3.8, 4) is 0 Å². The van der Waals surface area contributed by atoms with Crippen molar-refractivity contribution in [2.75, 3.05) is 5.73 Å². The maximum absolute atomic E-state index is 5.87. The molecule has 2 aromatic carbocycles. The highest BCUT2D eigenvalue weighted by molar-refractivity contribution is 5.85. The molecule has 3 rings (SSSR count). The van der Waals surface area contributed by atoms with Crippen molar-refractivity contribution < 1.29 is 4.42 Å². The summed E-state index contributed by atoms with van der Waals surface area (Å²) in [5.74, 6) is 0.744. The minimum Gasteiger partial charge on any atom is -0.441 e. The third-order valence-electron chi connectivity index (χ3n) is 3.24. The van der Waals surface area contributed by atoms with E-state index in [4.69, 9.17) is 10.2 Å². The number of nitrogens with zero attached hydrogens (tertiary/aromatic N) is 1. The van der Waals surface area contributed by atoms with Crippen LogP contribution in [0.5, 0.6) is 0 Å². The highest BCUT2D eigenvalue weighted by atomic mass is 16.3. The van der Waals surface area contributed by atoms with Crippen molar-refractivity contribution in [1.82, 2.24) is 4.98 Å². The Morgan fingerprint density at radius 3 is 2.58 bits per heavy atom. The molecule has 3 heteroatoms. The molecule has 3 aromatic rings. The smallest absolute Gasteiger partial charge is 0.195 e. The molecule has 0 radical (unpaired) electrons. The molecule has 0 aliphatic carbocycles. The second-order valence-electron chi connectivity index (χ2n) is 4.79. The maximum atomic E-state index is 5.87. The molecule has 0 amide bonds. The summed E-state index contributed by atoms with van der Waals surface area (Å²) in [4.78, 5) is 4.45. The molecule has 1 heterocycles. The van der Waals surface area contributed by atoms with Crippen LogP contribution in [0.4, 0.5) is 5.69 Å². The van der Waals surface area contributed by atoms with Crippen molar-refractivity contribution >= 4 is 16.8 Å². The van der Waals surface area contributed by atoms with Crippen LogP contribution in [0, 0.1) is 6.92 Å². The second-order valence-corrected chi connectivity index (χ2v) is 4.79. The molecule has 0 saturated carbocycles. The van der Waals surface area contributed by atoms with E-state index in [1.165, 1.54) is 11.1 Å². The Labute approximate surface area is 112 Å². The van der Waals surface area contributed by atoms with Crippen molar-refractivity contribution in [3.05, 3.63) is 59.5 Å². The average Bonchev–Trinajstić information content (AvgIpc) is 2.83. The summed E-state index contributed by atoms with van der Waals surface area (Å²) in [7, 11) is 0. The van der Waals surface area contributed by atoms with Crippen LogP contribution in [-0.2, 0) is 12.8 Å². The SMILES string of the molecule is Cc1ccc(CCc2nc3c(N)cccc3o2)cc1. The van der Waals surface area contributed by atoms with Gasteiger partial charge in [0.1, 0.15) is 5.52 Å². The van der Waals surface area contributed by atoms with Crippen molar-refractivity contribution in [2.24, 2.45) is 0 Å². The van der Waals surface area contributed by atoms with Crippen LogP contribution in [0.1, 0.15) is 17.0 Å². The van der Waals surface area contributed by atoms with Gasteiger partial charge in [-0.3, -0.25) is 0 Å². The molecule has 3 nitrogen and oxygen atoms in total. The number of aromatic nitrogens is 1. The number of hydrogen-bond donors (Lipinski definition) is 1. The first kappa shape index (κ1) is 11.8. The van der Waals surface area contributed by atoms with Crippen molar-refractivity contribution in [2.45, 2.75) is 19.8 Å². The minimum absolute atomic E-state index is 0.669. The number of aryl methyl sites for hydroxylation is 3. The van der Waals surface area contributed by atoms with E-state index in [1.54, 1.807) is 0 Å². The van der Waals surface area contributed by atoms with Gasteiger partial charge in [0.05, 0.1) is 5.69 Å². The molecule has 0 atom stereocenters. The first-order chi connectivity index (χ1) is 9.22. The van der Waals surface area contributed by atoms with Crippen LogP contribution in [0.3, 0.4) is 0 Å². The molecule has 96 valence electrons. The van der Waals surface area contributed by atoms with Crippen molar-refractivity contribution in [1.29, 1.82) is 0 Å². The van der Waals surface area contributed by atoms with E-state index in [9.17, 15) is 0 Å². The molecule has 0 aliphatic rings. The third kappa shape index (κ3) is 2.45. The first-order valence-corrected chi connectivity index (χ1v) is 6.42. The van der Waals surface area contributed by atoms with Crippen LogP contribution >= 0.6 is 0 Å². The van der Waals surface area contributed by atoms with Gasteiger partial charge in [0.15, 0.2) is 11.5 Å². The van der Waals surface area contributed by atoms with E-state index < -0.39 is 0 Å². The first-order valence-electron chi connectivity index (χ1n) is 6.42. The lowest BCUT2D eigenvalue weighted by atomic mass is 10.1. The summed E-state index contributed by atoms with van der Waals surface area (Å²) in [6.07, 6.45) is 1.71. The van der Waals surface area contributed by atoms with E-state index in [2.05, 4.69) is 36.2 Å². The lowest BCUT2D eigenvalue weighted by Crippen LogP contribution is -1.91. The predicted molar refractivity (Wildman–Crippen MR) is 77.0 cm³/mol. The molecular weight excluding hydrogens is 236 g/mol. The molecule has 0 aliphatic heterocycles. The third-order valence-corrected chi connectivity index (χ3v) is 3.24. The Hall–Kier alpha value is -2.29. The Bertz CT molecular complexity index is 698. The fourth-order valence-corrected chi connectivity index (χ4v) is 2.13. The fourth-order valence-electron chi connectivity index (χ4n) is 2.13. The number of para-hydroxylation sites is 1. The lowest BCUT2D eigenvalue weighted by Gasteiger charge is -1.99. The summed E-state index contributed by atoms with van der Waals surface area (Å²) >= 11 is 0. The molecule has 0 saturated heterocycles. The fraction of sp³-hybridized carbons (Fsp3) is 0.188. The summed E-state index contributed by atoms with van der Waals surface area (Å²) in [6, 6.07) is 14.2. The van der Waals surface area contributed by atoms with Gasteiger partial charge in [-0.2, -0.15) is 0 Å². The summed E-state index contributed by atoms with van der Waals surface area (Å²) in [5.41, 5.74) is 10.6. The zero-order valence-electron chi connectivity index (χ0n) is 10.9. The lowest BCUT2D eigenvalue weighted by molar-refractivity contribution is 0.528. The highest BCUT2D eigenvalue weighted by Gasteiger charge is 2.07. The van der Waals surface area contributed by atoms with E-state index in [0.717, 1.165) is 29.8 Å². The van der Waals surface area contributed by atoms with Gasteiger partial charge in [0.2, 0.25) is 0 Å². The topological polar surface area (TPSA) is 52.0 Å². The van der Waals surface area contributed by atoms with Gasteiger partial charge >= 0.3 is 0 Å². The van der Waals surface area contributed by atoms with E-state index in [0.29, 0.717) is 5.69 Å². The summed E-state index contributed by atoms with van der Waals surface area (Å²) < 4.78 is 5.70. The van der Waals surface area contributed by atoms with Gasteiger partial charge in [-0.1, -0.05) is 35.9 Å². The van der Waals surface area contributed by atoms with E-state index in [1.807, 2.05) is 18.2 Å². The van der Waals surface area contributed by atoms with Crippen LogP contribution < -0.4 is 5.73 Å². The molecule has 0 unspecified atom stereocenters. The van der Waals surface area contributed by atoms with Crippen LogP contribution in [0.15, 0.2) is 46.9 Å². The van der Waals surface area contributed by atoms with Gasteiger partial charge in [-0.25, -0.2) is 4.98 Å². The predicted octanol–water partition coefficient (Wildman–Crippen LogP) is 3.50. The molecule has 19 heavy (non-hydrogen) atoms. The van der Waals surface area contributed by atoms with Crippen LogP contribution in [-0.4, -0.2) is 4.98 Å². The number of anilines is 1. The van der Waals surface area contributed by atoms with Gasteiger partial charge in [-0.05, 0) is 31.0 Å². The number of hydrogen-bond acceptors (Lipinski definition) is 3. The molecule has 0 spiro atoms. The van der Waals surface area contributed by atoms with Gasteiger partial charge < -0.3 is 10.2 Å². The molecule has 0 bridgehead atoms. The number of nitrogen functional groups attached to an aromatic ring is 1. The Morgan fingerprint density at radius 1 is 1.05 bits per heavy atom. The number of oxazole rings is 1. The summed E-state index contributed by atoms with van der Waals surface area (Å²) in [6.45, 7) is 2.09. The highest BCUT2D eigenvalue weighted by Crippen LogP contribution is 2.21. The summed E-state index contributed by atoms with van der Waals surface area (Å²) in [5, 5.41) is 0. The van der Waals surface area contributed by atoms with Crippen molar-refractivity contribution in [3.63, 3.8) is 0 Å². The van der Waals surface area contributed by atoms with E-state index >= 15 is 0 Å². The number of rotatable bonds is 3. The Kier molecular flexibility index (Phi) is 2.95. The van der Waals surface area contributed by atoms with Gasteiger partial charge in [0, 0.05) is 6.42 Å². The Morgan fingerprint density at radius 2 is 1.84 bits per heavy atom. The zero-order valence-corrected chi connectivity index (χ0v) is 10.9. The Balaban J connectivity index is 1.78. The standard InChI is InChI=1S/C16H16N2O/c1-11-5-7-12(8-6-11)9-10-15-18-16-13(17)3-2-4-14(16)19-15/h2-8H,9-10,17H2,1H3. The zero-order chi connectivity index (χ0) is 13.2. The number of benzene rings is 2. The molecule has 2 N–H and O–H groups in total. The number of nitrogens with two attached hydrogens (primary N) is 1. The maximum Gasteiger partial charge on any atom is 0.195 e. The number of fused-ring (bicyclic) bond motifs is 1. The normalized spacial score (nSPS) is 11.0. The van der Waals surface area contributed by atoms with Crippen LogP contribution in [0.25, 0.3) is 11.1 Å². The largest absolute Gasteiger partial charge is 0.441 e. The van der Waals surface area contributed by atoms with Gasteiger partial charge in [0.25, 0.3) is 0 Å². The van der Waals surface area contributed by atoms with Crippen LogP contribution in [0.2, 0.25) is 0 Å².